The maximum Gasteiger partial charge on any atom is 0.133 e. The van der Waals surface area contributed by atoms with Gasteiger partial charge in [0.1, 0.15) is 5.67 Å². The van der Waals surface area contributed by atoms with Gasteiger partial charge in [0, 0.05) is 13.3 Å². The van der Waals surface area contributed by atoms with Crippen molar-refractivity contribution in [3.05, 3.63) is 41.5 Å². The van der Waals surface area contributed by atoms with E-state index in [9.17, 15) is 4.39 Å². The molecule has 1 rings (SSSR count). The predicted octanol–water partition coefficient (Wildman–Crippen LogP) is 4.78. The topological polar surface area (TPSA) is 12.4 Å². The summed E-state index contributed by atoms with van der Waals surface area (Å²) >= 11 is 0. The molecular formula is C16H22FN. The second-order valence-corrected chi connectivity index (χ2v) is 4.79. The number of halogens is 1. The second kappa shape index (κ2) is 6.48. The molecule has 2 heteroatoms. The van der Waals surface area contributed by atoms with E-state index in [0.29, 0.717) is 6.42 Å². The van der Waals surface area contributed by atoms with Crippen LogP contribution >= 0.6 is 0 Å². The Labute approximate surface area is 109 Å². The maximum atomic E-state index is 14.5. The van der Waals surface area contributed by atoms with E-state index in [2.05, 4.69) is 4.99 Å². The Morgan fingerprint density at radius 2 is 2.17 bits per heavy atom. The molecule has 0 bridgehead atoms. The zero-order chi connectivity index (χ0) is 13.6. The van der Waals surface area contributed by atoms with Crippen molar-refractivity contribution >= 4 is 11.8 Å². The van der Waals surface area contributed by atoms with Gasteiger partial charge in [-0.25, -0.2) is 4.39 Å². The highest BCUT2D eigenvalue weighted by molar-refractivity contribution is 5.83. The molecule has 98 valence electrons. The Kier molecular flexibility index (Phi) is 5.26. The minimum absolute atomic E-state index is 0.551. The number of aliphatic imine (C=N–C) groups is 1. The van der Waals surface area contributed by atoms with E-state index in [1.54, 1.807) is 20.2 Å². The molecule has 0 aliphatic heterocycles. The summed E-state index contributed by atoms with van der Waals surface area (Å²) in [6, 6.07) is 7.71. The molecule has 0 radical (unpaired) electrons. The Morgan fingerprint density at radius 3 is 2.78 bits per heavy atom. The van der Waals surface area contributed by atoms with Gasteiger partial charge in [0.25, 0.3) is 0 Å². The van der Waals surface area contributed by atoms with Gasteiger partial charge in [-0.2, -0.15) is 0 Å². The second-order valence-electron chi connectivity index (χ2n) is 4.79. The number of allylic oxidation sites excluding steroid dienone is 2. The fraction of sp³-hybridized carbons (Fsp3) is 0.438. The van der Waals surface area contributed by atoms with Gasteiger partial charge in [-0.05, 0) is 49.1 Å². The van der Waals surface area contributed by atoms with Crippen LogP contribution in [0.2, 0.25) is 0 Å². The zero-order valence-electron chi connectivity index (χ0n) is 11.7. The molecule has 1 unspecified atom stereocenters. The van der Waals surface area contributed by atoms with E-state index < -0.39 is 5.67 Å². The lowest BCUT2D eigenvalue weighted by Gasteiger charge is -2.21. The van der Waals surface area contributed by atoms with Gasteiger partial charge in [0.15, 0.2) is 0 Å². The molecule has 0 aromatic heterocycles. The fourth-order valence-electron chi connectivity index (χ4n) is 1.99. The summed E-state index contributed by atoms with van der Waals surface area (Å²) in [5.74, 6) is 0. The van der Waals surface area contributed by atoms with Crippen molar-refractivity contribution in [2.75, 3.05) is 7.05 Å². The highest BCUT2D eigenvalue weighted by atomic mass is 19.1. The summed E-state index contributed by atoms with van der Waals surface area (Å²) in [5.41, 5.74) is 1.65. The molecule has 0 spiro atoms. The Bertz CT molecular complexity index is 444. The van der Waals surface area contributed by atoms with Gasteiger partial charge in [-0.15, -0.1) is 0 Å². The summed E-state index contributed by atoms with van der Waals surface area (Å²) in [6.07, 6.45) is 5.08. The molecule has 1 atom stereocenters. The first-order valence-electron chi connectivity index (χ1n) is 6.40. The Morgan fingerprint density at radius 1 is 1.44 bits per heavy atom. The molecule has 0 saturated carbocycles. The summed E-state index contributed by atoms with van der Waals surface area (Å²) in [5, 5.41) is 0. The summed E-state index contributed by atoms with van der Waals surface area (Å²) < 4.78 is 14.5. The van der Waals surface area contributed by atoms with Gasteiger partial charge in [-0.3, -0.25) is 4.99 Å². The van der Waals surface area contributed by atoms with E-state index in [1.807, 2.05) is 44.2 Å². The molecule has 0 aliphatic carbocycles. The molecule has 0 saturated heterocycles. The average Bonchev–Trinajstić information content (AvgIpc) is 2.36. The van der Waals surface area contributed by atoms with Crippen molar-refractivity contribution in [1.82, 2.24) is 0 Å². The summed E-state index contributed by atoms with van der Waals surface area (Å²) in [6.45, 7) is 5.67. The van der Waals surface area contributed by atoms with Crippen LogP contribution in [0.4, 0.5) is 4.39 Å². The number of nitrogens with zero attached hydrogens (tertiary/aromatic N) is 1. The fourth-order valence-corrected chi connectivity index (χ4v) is 1.99. The highest BCUT2D eigenvalue weighted by Crippen LogP contribution is 2.31. The molecular weight excluding hydrogens is 225 g/mol. The van der Waals surface area contributed by atoms with Crippen LogP contribution in [-0.4, -0.2) is 13.3 Å². The normalized spacial score (nSPS) is 15.9. The first-order chi connectivity index (χ1) is 8.51. The lowest BCUT2D eigenvalue weighted by molar-refractivity contribution is 0.175. The molecule has 18 heavy (non-hydrogen) atoms. The van der Waals surface area contributed by atoms with Gasteiger partial charge in [0.05, 0.1) is 0 Å². The minimum atomic E-state index is -1.25. The highest BCUT2D eigenvalue weighted by Gasteiger charge is 2.24. The molecule has 1 aromatic rings. The van der Waals surface area contributed by atoms with Crippen molar-refractivity contribution in [3.63, 3.8) is 0 Å². The number of hydrogen-bond acceptors (Lipinski definition) is 1. The van der Waals surface area contributed by atoms with Gasteiger partial charge < -0.3 is 0 Å². The van der Waals surface area contributed by atoms with Crippen molar-refractivity contribution in [1.29, 1.82) is 0 Å². The summed E-state index contributed by atoms with van der Waals surface area (Å²) in [4.78, 5) is 3.93. The van der Waals surface area contributed by atoms with Gasteiger partial charge in [0.2, 0.25) is 0 Å². The monoisotopic (exact) mass is 247 g/mol. The van der Waals surface area contributed by atoms with Gasteiger partial charge in [-0.1, -0.05) is 31.5 Å². The third-order valence-electron chi connectivity index (χ3n) is 3.11. The Balaban J connectivity index is 3.06. The largest absolute Gasteiger partial charge is 0.297 e. The first-order valence-corrected chi connectivity index (χ1v) is 6.40. The number of hydrogen-bond donors (Lipinski definition) is 0. The molecule has 0 fully saturated rings. The van der Waals surface area contributed by atoms with Crippen LogP contribution in [0.5, 0.6) is 0 Å². The van der Waals surface area contributed by atoms with Crippen molar-refractivity contribution in [2.24, 2.45) is 4.99 Å². The smallest absolute Gasteiger partial charge is 0.133 e. The van der Waals surface area contributed by atoms with Crippen molar-refractivity contribution in [3.8, 4) is 0 Å². The van der Waals surface area contributed by atoms with Crippen LogP contribution in [-0.2, 0) is 5.67 Å². The minimum Gasteiger partial charge on any atom is -0.297 e. The third-order valence-corrected chi connectivity index (χ3v) is 3.11. The van der Waals surface area contributed by atoms with Crippen LogP contribution in [0.15, 0.2) is 35.3 Å². The third kappa shape index (κ3) is 3.80. The molecule has 0 aliphatic rings. The lowest BCUT2D eigenvalue weighted by Crippen LogP contribution is -2.14. The van der Waals surface area contributed by atoms with Crippen LogP contribution in [0.1, 0.15) is 44.7 Å². The quantitative estimate of drug-likeness (QED) is 0.664. The molecule has 1 aromatic carbocycles. The zero-order valence-corrected chi connectivity index (χ0v) is 11.7. The molecule has 0 amide bonds. The van der Waals surface area contributed by atoms with Crippen molar-refractivity contribution in [2.45, 2.75) is 39.3 Å². The van der Waals surface area contributed by atoms with Crippen LogP contribution < -0.4 is 0 Å². The SMILES string of the molecule is CCCC(C)(F)c1cccc(/C(C)=C/C=N\C)c1. The van der Waals surface area contributed by atoms with E-state index >= 15 is 0 Å². The lowest BCUT2D eigenvalue weighted by atomic mass is 9.91. The first kappa shape index (κ1) is 14.6. The molecule has 0 N–H and O–H groups in total. The van der Waals surface area contributed by atoms with E-state index in [1.165, 1.54) is 0 Å². The van der Waals surface area contributed by atoms with Gasteiger partial charge >= 0.3 is 0 Å². The Hall–Kier alpha value is -1.44. The number of alkyl halides is 1. The predicted molar refractivity (Wildman–Crippen MR) is 77.9 cm³/mol. The van der Waals surface area contributed by atoms with Crippen LogP contribution in [0.25, 0.3) is 5.57 Å². The maximum absolute atomic E-state index is 14.5. The van der Waals surface area contributed by atoms with Crippen LogP contribution in [0.3, 0.4) is 0 Å². The summed E-state index contributed by atoms with van der Waals surface area (Å²) in [7, 11) is 1.74. The van der Waals surface area contributed by atoms with Crippen molar-refractivity contribution < 1.29 is 4.39 Å². The number of benzene rings is 1. The standard InChI is InChI=1S/C16H22FN/c1-5-10-16(3,17)15-8-6-7-14(12-15)13(2)9-11-18-4/h6-9,11-12H,5,10H2,1-4H3/b13-9+,18-11-. The average molecular weight is 247 g/mol. The molecule has 1 nitrogen and oxygen atoms in total. The van der Waals surface area contributed by atoms with E-state index in [4.69, 9.17) is 0 Å². The van der Waals surface area contributed by atoms with Crippen LogP contribution in [0, 0.1) is 0 Å². The van der Waals surface area contributed by atoms with E-state index in [0.717, 1.165) is 23.1 Å². The van der Waals surface area contributed by atoms with E-state index in [-0.39, 0.29) is 0 Å². The number of rotatable bonds is 5. The molecule has 0 heterocycles.